The second-order valence-corrected chi connectivity index (χ2v) is 5.90. The van der Waals surface area contributed by atoms with Crippen LogP contribution in [0, 0.1) is 0 Å². The first-order chi connectivity index (χ1) is 9.33. The first-order valence-corrected chi connectivity index (χ1v) is 7.33. The molecule has 0 saturated carbocycles. The van der Waals surface area contributed by atoms with Crippen LogP contribution in [0.1, 0.15) is 0 Å². The maximum atomic E-state index is 5.50. The predicted molar refractivity (Wildman–Crippen MR) is 80.3 cm³/mol. The topological polar surface area (TPSA) is 38.9 Å². The summed E-state index contributed by atoms with van der Waals surface area (Å²) in [6, 6.07) is 14.5. The van der Waals surface area contributed by atoms with E-state index in [0.29, 0.717) is 10.7 Å². The van der Waals surface area contributed by atoms with Gasteiger partial charge in [-0.3, -0.25) is 0 Å². The van der Waals surface area contributed by atoms with Gasteiger partial charge in [0.05, 0.1) is 0 Å². The van der Waals surface area contributed by atoms with E-state index in [0.717, 1.165) is 5.56 Å². The number of fused-ring (bicyclic) bond motifs is 3. The van der Waals surface area contributed by atoms with Crippen LogP contribution in [0.4, 0.5) is 0 Å². The maximum absolute atomic E-state index is 5.50. The third-order valence-electron chi connectivity index (χ3n) is 3.03. The maximum Gasteiger partial charge on any atom is 0.285 e. The zero-order valence-electron chi connectivity index (χ0n) is 9.63. The highest BCUT2D eigenvalue weighted by atomic mass is 79.9. The van der Waals surface area contributed by atoms with Gasteiger partial charge in [-0.2, -0.15) is 0 Å². The van der Waals surface area contributed by atoms with Crippen LogP contribution in [-0.4, -0.2) is 10.2 Å². The molecule has 5 heteroatoms. The van der Waals surface area contributed by atoms with E-state index in [1.165, 1.54) is 20.2 Å². The highest BCUT2D eigenvalue weighted by Gasteiger charge is 2.14. The van der Waals surface area contributed by atoms with Crippen LogP contribution >= 0.6 is 27.3 Å². The third-order valence-corrected chi connectivity index (χ3v) is 4.49. The molecule has 2 aromatic carbocycles. The first-order valence-electron chi connectivity index (χ1n) is 5.72. The molecule has 3 nitrogen and oxygen atoms in total. The zero-order chi connectivity index (χ0) is 12.8. The van der Waals surface area contributed by atoms with Crippen LogP contribution in [0.5, 0.6) is 0 Å². The van der Waals surface area contributed by atoms with E-state index < -0.39 is 0 Å². The number of hydrogen-bond donors (Lipinski definition) is 0. The van der Waals surface area contributed by atoms with E-state index in [4.69, 9.17) is 4.42 Å². The second-order valence-electron chi connectivity index (χ2n) is 4.14. The Morgan fingerprint density at radius 3 is 2.63 bits per heavy atom. The van der Waals surface area contributed by atoms with Gasteiger partial charge in [-0.1, -0.05) is 24.3 Å². The summed E-state index contributed by atoms with van der Waals surface area (Å²) in [4.78, 5) is 0.402. The summed E-state index contributed by atoms with van der Waals surface area (Å²) >= 11 is 4.97. The number of aromatic nitrogens is 2. The van der Waals surface area contributed by atoms with E-state index >= 15 is 0 Å². The van der Waals surface area contributed by atoms with Gasteiger partial charge in [-0.15, -0.1) is 21.5 Å². The van der Waals surface area contributed by atoms with Crippen LogP contribution in [0.25, 0.3) is 31.6 Å². The Labute approximate surface area is 121 Å². The molecule has 4 rings (SSSR count). The monoisotopic (exact) mass is 330 g/mol. The normalized spacial score (nSPS) is 11.4. The summed E-state index contributed by atoms with van der Waals surface area (Å²) in [7, 11) is 0. The van der Waals surface area contributed by atoms with E-state index in [1.807, 2.05) is 12.1 Å². The van der Waals surface area contributed by atoms with Crippen LogP contribution in [0.3, 0.4) is 0 Å². The molecule has 2 aromatic heterocycles. The summed E-state index contributed by atoms with van der Waals surface area (Å²) < 4.78 is 7.99. The lowest BCUT2D eigenvalue weighted by molar-refractivity contribution is 0.541. The van der Waals surface area contributed by atoms with Gasteiger partial charge < -0.3 is 4.42 Å². The number of benzene rings is 2. The Kier molecular flexibility index (Phi) is 2.43. The molecule has 0 radical (unpaired) electrons. The fourth-order valence-corrected chi connectivity index (χ4v) is 3.63. The minimum Gasteiger partial charge on any atom is -0.411 e. The van der Waals surface area contributed by atoms with Crippen LogP contribution in [-0.2, 0) is 0 Å². The van der Waals surface area contributed by atoms with Gasteiger partial charge in [-0.25, -0.2) is 0 Å². The van der Waals surface area contributed by atoms with Gasteiger partial charge in [0.1, 0.15) is 0 Å². The summed E-state index contributed by atoms with van der Waals surface area (Å²) in [5.74, 6) is 0.543. The van der Waals surface area contributed by atoms with Gasteiger partial charge >= 0.3 is 0 Å². The largest absolute Gasteiger partial charge is 0.411 e. The SMILES string of the molecule is Brc1nnc(-c2cccc3sc4ccccc4c23)o1. The Hall–Kier alpha value is -1.72. The lowest BCUT2D eigenvalue weighted by Crippen LogP contribution is -1.79. The molecule has 2 heterocycles. The number of nitrogens with zero attached hydrogens (tertiary/aromatic N) is 2. The van der Waals surface area contributed by atoms with E-state index in [1.54, 1.807) is 11.3 Å². The van der Waals surface area contributed by atoms with Crippen molar-refractivity contribution in [1.29, 1.82) is 0 Å². The van der Waals surface area contributed by atoms with Gasteiger partial charge in [-0.05, 0) is 18.2 Å². The Morgan fingerprint density at radius 1 is 0.947 bits per heavy atom. The fraction of sp³-hybridized carbons (Fsp3) is 0. The summed E-state index contributed by atoms with van der Waals surface area (Å²) in [5.41, 5.74) is 0.980. The molecule has 0 spiro atoms. The highest BCUT2D eigenvalue weighted by molar-refractivity contribution is 9.10. The molecular formula is C14H7BrN2OS. The van der Waals surface area contributed by atoms with Crippen molar-refractivity contribution in [1.82, 2.24) is 10.2 Å². The molecule has 0 aliphatic carbocycles. The summed E-state index contributed by atoms with van der Waals surface area (Å²) in [6.07, 6.45) is 0. The van der Waals surface area contributed by atoms with Crippen molar-refractivity contribution in [2.24, 2.45) is 0 Å². The van der Waals surface area contributed by atoms with E-state index in [9.17, 15) is 0 Å². The van der Waals surface area contributed by atoms with Crippen molar-refractivity contribution in [2.75, 3.05) is 0 Å². The van der Waals surface area contributed by atoms with Gasteiger partial charge in [0, 0.05) is 41.7 Å². The summed E-state index contributed by atoms with van der Waals surface area (Å²) in [6.45, 7) is 0. The fourth-order valence-electron chi connectivity index (χ4n) is 2.27. The molecule has 0 N–H and O–H groups in total. The molecule has 0 atom stereocenters. The molecule has 0 bridgehead atoms. The number of rotatable bonds is 1. The zero-order valence-corrected chi connectivity index (χ0v) is 12.0. The molecule has 0 aliphatic heterocycles. The second kappa shape index (κ2) is 4.15. The molecule has 0 fully saturated rings. The lowest BCUT2D eigenvalue weighted by atomic mass is 10.1. The van der Waals surface area contributed by atoms with Gasteiger partial charge in [0.15, 0.2) is 0 Å². The van der Waals surface area contributed by atoms with Gasteiger partial charge in [0.25, 0.3) is 4.80 Å². The van der Waals surface area contributed by atoms with Crippen molar-refractivity contribution >= 4 is 47.4 Å². The van der Waals surface area contributed by atoms with Gasteiger partial charge in [0.2, 0.25) is 5.89 Å². The molecule has 4 aromatic rings. The molecule has 19 heavy (non-hydrogen) atoms. The average molecular weight is 331 g/mol. The van der Waals surface area contributed by atoms with Crippen molar-refractivity contribution in [2.45, 2.75) is 0 Å². The van der Waals surface area contributed by atoms with Crippen LogP contribution in [0.2, 0.25) is 0 Å². The van der Waals surface area contributed by atoms with Crippen molar-refractivity contribution < 1.29 is 4.42 Å². The Balaban J connectivity index is 2.16. The standard InChI is InChI=1S/C14H7BrN2OS/c15-14-17-16-13(18-14)9-5-3-7-11-12(9)8-4-1-2-6-10(8)19-11/h1-7H. The Bertz CT molecular complexity index is 897. The first kappa shape index (κ1) is 11.1. The van der Waals surface area contributed by atoms with Crippen molar-refractivity contribution in [3.8, 4) is 11.5 Å². The minimum atomic E-state index is 0.402. The molecule has 92 valence electrons. The minimum absolute atomic E-state index is 0.402. The molecule has 0 amide bonds. The van der Waals surface area contributed by atoms with Crippen LogP contribution < -0.4 is 0 Å². The molecule has 0 aliphatic rings. The number of hydrogen-bond acceptors (Lipinski definition) is 4. The third kappa shape index (κ3) is 1.69. The lowest BCUT2D eigenvalue weighted by Gasteiger charge is -1.98. The quantitative estimate of drug-likeness (QED) is 0.500. The molecule has 0 unspecified atom stereocenters. The molecular weight excluding hydrogens is 324 g/mol. The van der Waals surface area contributed by atoms with E-state index in [-0.39, 0.29) is 0 Å². The Morgan fingerprint density at radius 2 is 1.79 bits per heavy atom. The highest BCUT2D eigenvalue weighted by Crippen LogP contribution is 2.39. The average Bonchev–Trinajstić information content (AvgIpc) is 3.01. The van der Waals surface area contributed by atoms with E-state index in [2.05, 4.69) is 56.5 Å². The number of halogens is 1. The smallest absolute Gasteiger partial charge is 0.285 e. The van der Waals surface area contributed by atoms with Crippen LogP contribution in [0.15, 0.2) is 51.7 Å². The number of thiophene rings is 1. The van der Waals surface area contributed by atoms with Crippen molar-refractivity contribution in [3.63, 3.8) is 0 Å². The van der Waals surface area contributed by atoms with Crippen molar-refractivity contribution in [3.05, 3.63) is 47.3 Å². The predicted octanol–water partition coefficient (Wildman–Crippen LogP) is 4.87. The molecule has 0 saturated heterocycles. The summed E-state index contributed by atoms with van der Waals surface area (Å²) in [5, 5.41) is 10.3.